The molecule has 0 radical (unpaired) electrons. The molecule has 200 valence electrons. The Kier molecular flexibility index (Phi) is 7.58. The van der Waals surface area contributed by atoms with Crippen molar-refractivity contribution in [3.05, 3.63) is 65.5 Å². The van der Waals surface area contributed by atoms with Crippen LogP contribution in [0.5, 0.6) is 0 Å². The lowest BCUT2D eigenvalue weighted by Gasteiger charge is -2.28. The lowest BCUT2D eigenvalue weighted by molar-refractivity contribution is -0.126. The molecule has 9 heteroatoms. The number of rotatable bonds is 6. The summed E-state index contributed by atoms with van der Waals surface area (Å²) in [5, 5.41) is 1.15. The summed E-state index contributed by atoms with van der Waals surface area (Å²) >= 11 is 0. The molecule has 0 aliphatic carbocycles. The molecule has 2 saturated heterocycles. The number of hydrogen-bond acceptors (Lipinski definition) is 6. The number of hydrazine groups is 1. The number of hydrogen-bond donors (Lipinski definition) is 1. The summed E-state index contributed by atoms with van der Waals surface area (Å²) in [4.78, 5) is 39.6. The first-order chi connectivity index (χ1) is 18.4. The zero-order valence-electron chi connectivity index (χ0n) is 22.4. The predicted molar refractivity (Wildman–Crippen MR) is 149 cm³/mol. The SMILES string of the molecule is C=CC(=O)N1CCCC[C@@H](n2c(N(N)C(=O)c3ccnc(C)c3)nc3cc(CN4CCCC4)cc(C)c32)C1. The molecule has 9 nitrogen and oxygen atoms in total. The van der Waals surface area contributed by atoms with Crippen molar-refractivity contribution < 1.29 is 9.59 Å². The first kappa shape index (κ1) is 26.1. The van der Waals surface area contributed by atoms with Gasteiger partial charge in [0, 0.05) is 37.1 Å². The van der Waals surface area contributed by atoms with E-state index in [0.717, 1.165) is 66.2 Å². The second kappa shape index (κ2) is 11.0. The molecule has 2 fully saturated rings. The van der Waals surface area contributed by atoms with Crippen LogP contribution in [0.4, 0.5) is 5.95 Å². The molecule has 2 aromatic heterocycles. The van der Waals surface area contributed by atoms with Gasteiger partial charge in [-0.3, -0.25) is 19.5 Å². The molecule has 2 aliphatic rings. The van der Waals surface area contributed by atoms with E-state index in [4.69, 9.17) is 10.8 Å². The standard InChI is InChI=1S/C29H37N7O2/c1-4-26(37)34-14-6-5-9-24(19-34)35-27-20(2)15-22(18-33-12-7-8-13-33)17-25(27)32-29(35)36(30)28(38)23-10-11-31-21(3)16-23/h4,10-11,15-17,24H,1,5-9,12-14,18-19,30H2,2-3H3/t24-/m1/s1. The van der Waals surface area contributed by atoms with Gasteiger partial charge in [-0.05, 0) is 94.4 Å². The molecular weight excluding hydrogens is 478 g/mol. The van der Waals surface area contributed by atoms with Crippen LogP contribution in [0.2, 0.25) is 0 Å². The van der Waals surface area contributed by atoms with E-state index in [0.29, 0.717) is 24.6 Å². The maximum atomic E-state index is 13.5. The minimum atomic E-state index is -0.352. The highest BCUT2D eigenvalue weighted by Gasteiger charge is 2.30. The van der Waals surface area contributed by atoms with Crippen LogP contribution in [-0.2, 0) is 11.3 Å². The number of nitrogens with zero attached hydrogens (tertiary/aromatic N) is 6. The van der Waals surface area contributed by atoms with Gasteiger partial charge in [-0.2, -0.15) is 0 Å². The fourth-order valence-electron chi connectivity index (χ4n) is 5.87. The number of aryl methyl sites for hydroxylation is 2. The quantitative estimate of drug-likeness (QED) is 0.231. The van der Waals surface area contributed by atoms with Gasteiger partial charge in [-0.1, -0.05) is 12.6 Å². The third-order valence-corrected chi connectivity index (χ3v) is 7.70. The number of anilines is 1. The van der Waals surface area contributed by atoms with Crippen molar-refractivity contribution in [2.24, 2.45) is 5.84 Å². The third kappa shape index (κ3) is 5.21. The van der Waals surface area contributed by atoms with Crippen molar-refractivity contribution in [1.29, 1.82) is 0 Å². The number of carbonyl (C=O) groups excluding carboxylic acids is 2. The lowest BCUT2D eigenvalue weighted by Crippen LogP contribution is -2.41. The summed E-state index contributed by atoms with van der Waals surface area (Å²) in [5.74, 6) is 6.50. The highest BCUT2D eigenvalue weighted by Crippen LogP contribution is 2.34. The second-order valence-corrected chi connectivity index (χ2v) is 10.5. The van der Waals surface area contributed by atoms with Gasteiger partial charge in [-0.15, -0.1) is 0 Å². The smallest absolute Gasteiger partial charge is 0.275 e. The predicted octanol–water partition coefficient (Wildman–Crippen LogP) is 3.90. The minimum Gasteiger partial charge on any atom is -0.337 e. The fourth-order valence-corrected chi connectivity index (χ4v) is 5.87. The van der Waals surface area contributed by atoms with Crippen LogP contribution in [0.3, 0.4) is 0 Å². The van der Waals surface area contributed by atoms with Crippen LogP contribution in [0.1, 0.15) is 65.3 Å². The molecule has 5 rings (SSSR count). The van der Waals surface area contributed by atoms with E-state index in [1.807, 2.05) is 11.8 Å². The maximum Gasteiger partial charge on any atom is 0.275 e. The van der Waals surface area contributed by atoms with Gasteiger partial charge in [0.15, 0.2) is 0 Å². The molecule has 4 heterocycles. The Hall–Kier alpha value is -3.56. The number of amides is 2. The summed E-state index contributed by atoms with van der Waals surface area (Å²) in [6.07, 6.45) is 8.18. The number of imidazole rings is 1. The Balaban J connectivity index is 1.60. The van der Waals surface area contributed by atoms with Gasteiger partial charge in [0.2, 0.25) is 11.9 Å². The Morgan fingerprint density at radius 3 is 2.63 bits per heavy atom. The van der Waals surface area contributed by atoms with Crippen molar-refractivity contribution in [3.8, 4) is 0 Å². The monoisotopic (exact) mass is 515 g/mol. The first-order valence-electron chi connectivity index (χ1n) is 13.5. The number of pyridine rings is 1. The maximum absolute atomic E-state index is 13.5. The zero-order chi connectivity index (χ0) is 26.8. The van der Waals surface area contributed by atoms with Gasteiger partial charge < -0.3 is 9.47 Å². The fraction of sp³-hybridized carbons (Fsp3) is 0.448. The lowest BCUT2D eigenvalue weighted by atomic mass is 10.1. The Labute approximate surface area is 223 Å². The van der Waals surface area contributed by atoms with Gasteiger partial charge in [0.05, 0.1) is 17.1 Å². The van der Waals surface area contributed by atoms with Crippen molar-refractivity contribution in [2.45, 2.75) is 58.5 Å². The highest BCUT2D eigenvalue weighted by atomic mass is 16.2. The Bertz CT molecular complexity index is 1360. The van der Waals surface area contributed by atoms with Crippen LogP contribution in [-0.4, -0.2) is 62.3 Å². The number of benzene rings is 1. The normalized spacial score (nSPS) is 18.5. The molecule has 3 aromatic rings. The van der Waals surface area contributed by atoms with E-state index in [-0.39, 0.29) is 17.9 Å². The minimum absolute atomic E-state index is 0.0810. The molecule has 0 bridgehead atoms. The van der Waals surface area contributed by atoms with E-state index in [1.54, 1.807) is 18.3 Å². The number of fused-ring (bicyclic) bond motifs is 1. The molecule has 1 atom stereocenters. The van der Waals surface area contributed by atoms with Crippen molar-refractivity contribution in [3.63, 3.8) is 0 Å². The molecule has 0 unspecified atom stereocenters. The number of aromatic nitrogens is 3. The zero-order valence-corrected chi connectivity index (χ0v) is 22.4. The van der Waals surface area contributed by atoms with Gasteiger partial charge in [0.25, 0.3) is 5.91 Å². The summed E-state index contributed by atoms with van der Waals surface area (Å²) in [5.41, 5.74) is 5.25. The molecule has 2 N–H and O–H groups in total. The average molecular weight is 516 g/mol. The molecule has 0 saturated carbocycles. The number of nitrogens with two attached hydrogens (primary N) is 1. The molecule has 38 heavy (non-hydrogen) atoms. The molecule has 0 spiro atoms. The second-order valence-electron chi connectivity index (χ2n) is 10.5. The van der Waals surface area contributed by atoms with Crippen LogP contribution < -0.4 is 10.9 Å². The summed E-state index contributed by atoms with van der Waals surface area (Å²) in [6.45, 7) is 11.9. The van der Waals surface area contributed by atoms with Crippen molar-refractivity contribution >= 4 is 28.8 Å². The van der Waals surface area contributed by atoms with E-state index in [2.05, 4.69) is 40.1 Å². The largest absolute Gasteiger partial charge is 0.337 e. The van der Waals surface area contributed by atoms with E-state index >= 15 is 0 Å². The summed E-state index contributed by atoms with van der Waals surface area (Å²) in [7, 11) is 0. The van der Waals surface area contributed by atoms with Gasteiger partial charge in [-0.25, -0.2) is 15.8 Å². The van der Waals surface area contributed by atoms with Crippen LogP contribution >= 0.6 is 0 Å². The Morgan fingerprint density at radius 2 is 1.89 bits per heavy atom. The van der Waals surface area contributed by atoms with Gasteiger partial charge in [0.1, 0.15) is 0 Å². The third-order valence-electron chi connectivity index (χ3n) is 7.70. The van der Waals surface area contributed by atoms with E-state index in [1.165, 1.54) is 24.5 Å². The van der Waals surface area contributed by atoms with Crippen LogP contribution in [0.25, 0.3) is 11.0 Å². The number of likely N-dealkylation sites (tertiary alicyclic amines) is 2. The van der Waals surface area contributed by atoms with Gasteiger partial charge >= 0.3 is 0 Å². The van der Waals surface area contributed by atoms with Crippen LogP contribution in [0, 0.1) is 13.8 Å². The Morgan fingerprint density at radius 1 is 1.13 bits per heavy atom. The molecular formula is C29H37N7O2. The van der Waals surface area contributed by atoms with E-state index in [9.17, 15) is 9.59 Å². The summed E-state index contributed by atoms with van der Waals surface area (Å²) < 4.78 is 2.09. The summed E-state index contributed by atoms with van der Waals surface area (Å²) in [6, 6.07) is 7.66. The van der Waals surface area contributed by atoms with Crippen molar-refractivity contribution in [1.82, 2.24) is 24.3 Å². The van der Waals surface area contributed by atoms with Crippen LogP contribution in [0.15, 0.2) is 43.1 Å². The topological polar surface area (TPSA) is 101 Å². The molecule has 2 amide bonds. The molecule has 1 aromatic carbocycles. The van der Waals surface area contributed by atoms with E-state index < -0.39 is 0 Å². The average Bonchev–Trinajstić information content (AvgIpc) is 3.49. The molecule has 2 aliphatic heterocycles. The van der Waals surface area contributed by atoms with Crippen molar-refractivity contribution in [2.75, 3.05) is 31.2 Å². The number of carbonyl (C=O) groups is 2. The highest BCUT2D eigenvalue weighted by molar-refractivity contribution is 6.05. The first-order valence-corrected chi connectivity index (χ1v) is 13.5.